The van der Waals surface area contributed by atoms with Gasteiger partial charge in [0.25, 0.3) is 5.91 Å². The number of carbonyl (C=O) groups is 1. The van der Waals surface area contributed by atoms with Crippen molar-refractivity contribution in [2.45, 2.75) is 42.4 Å². The molecule has 7 nitrogen and oxygen atoms in total. The first-order valence-corrected chi connectivity index (χ1v) is 14.3. The Morgan fingerprint density at radius 2 is 1.70 bits per heavy atom. The fourth-order valence-electron chi connectivity index (χ4n) is 4.78. The Morgan fingerprint density at radius 3 is 2.23 bits per heavy atom. The number of benzene rings is 3. The summed E-state index contributed by atoms with van der Waals surface area (Å²) in [5.74, 6) is -0.610. The van der Waals surface area contributed by atoms with Crippen LogP contribution in [0.3, 0.4) is 0 Å². The van der Waals surface area contributed by atoms with Crippen molar-refractivity contribution in [3.63, 3.8) is 0 Å². The summed E-state index contributed by atoms with van der Waals surface area (Å²) in [7, 11) is -3.37. The SMILES string of the molecule is CCS(=O)(=O)c1ccc([C@H](CO)NC(=O)c2ccc(N3CC(c4ccc(C(F)(F)F)cc4)CC3C#N)cc2)cc1. The molecule has 1 aliphatic rings. The van der Waals surface area contributed by atoms with Gasteiger partial charge in [-0.3, -0.25) is 4.79 Å². The Morgan fingerprint density at radius 1 is 1.07 bits per heavy atom. The van der Waals surface area contributed by atoms with E-state index < -0.39 is 46.2 Å². The fraction of sp³-hybridized carbons (Fsp3) is 0.310. The molecule has 40 heavy (non-hydrogen) atoms. The standard InChI is InChI=1S/C29H28F3N3O4S/c1-2-40(38,39)26-13-7-20(8-14-26)27(18-36)34-28(37)21-5-11-24(12-6-21)35-17-22(15-25(35)16-33)19-3-9-23(10-4-19)29(30,31)32/h3-14,22,25,27,36H,2,15,17-18H2,1H3,(H,34,37)/t22?,25?,27-/m0/s1. The van der Waals surface area contributed by atoms with Gasteiger partial charge in [0, 0.05) is 23.7 Å². The second kappa shape index (κ2) is 11.7. The second-order valence-electron chi connectivity index (χ2n) is 9.58. The number of alkyl halides is 3. The quantitative estimate of drug-likeness (QED) is 0.400. The molecule has 0 bridgehead atoms. The van der Waals surface area contributed by atoms with Crippen molar-refractivity contribution in [3.8, 4) is 6.07 Å². The molecule has 0 aromatic heterocycles. The van der Waals surface area contributed by atoms with Crippen molar-refractivity contribution >= 4 is 21.4 Å². The number of nitrogens with zero attached hydrogens (tertiary/aromatic N) is 2. The first-order valence-electron chi connectivity index (χ1n) is 12.6. The van der Waals surface area contributed by atoms with Gasteiger partial charge in [0.2, 0.25) is 0 Å². The van der Waals surface area contributed by atoms with Crippen LogP contribution in [0.15, 0.2) is 77.7 Å². The molecule has 2 unspecified atom stereocenters. The van der Waals surface area contributed by atoms with Gasteiger partial charge in [-0.1, -0.05) is 31.2 Å². The minimum Gasteiger partial charge on any atom is -0.394 e. The summed E-state index contributed by atoms with van der Waals surface area (Å²) in [6, 6.07) is 18.6. The van der Waals surface area contributed by atoms with Gasteiger partial charge >= 0.3 is 6.18 Å². The Balaban J connectivity index is 1.44. The highest BCUT2D eigenvalue weighted by Crippen LogP contribution is 2.37. The van der Waals surface area contributed by atoms with E-state index in [0.717, 1.165) is 17.7 Å². The Bertz CT molecular complexity index is 1480. The van der Waals surface area contributed by atoms with Gasteiger partial charge in [0.15, 0.2) is 9.84 Å². The summed E-state index contributed by atoms with van der Waals surface area (Å²) < 4.78 is 62.8. The summed E-state index contributed by atoms with van der Waals surface area (Å²) in [6.07, 6.45) is -3.95. The lowest BCUT2D eigenvalue weighted by molar-refractivity contribution is -0.137. The summed E-state index contributed by atoms with van der Waals surface area (Å²) in [5.41, 5.74) is 1.57. The largest absolute Gasteiger partial charge is 0.416 e. The van der Waals surface area contributed by atoms with Gasteiger partial charge in [-0.15, -0.1) is 0 Å². The number of halogens is 3. The summed E-state index contributed by atoms with van der Waals surface area (Å²) in [5, 5.41) is 22.3. The third-order valence-corrected chi connectivity index (χ3v) is 8.88. The monoisotopic (exact) mass is 571 g/mol. The number of sulfone groups is 1. The lowest BCUT2D eigenvalue weighted by Crippen LogP contribution is -2.31. The topological polar surface area (TPSA) is 110 Å². The molecule has 1 amide bonds. The molecule has 4 rings (SSSR count). The summed E-state index contributed by atoms with van der Waals surface area (Å²) in [4.78, 5) is 14.9. The molecule has 3 atom stereocenters. The van der Waals surface area contributed by atoms with Crippen LogP contribution in [0.25, 0.3) is 0 Å². The number of aliphatic hydroxyl groups is 1. The van der Waals surface area contributed by atoms with Gasteiger partial charge in [-0.2, -0.15) is 18.4 Å². The average molecular weight is 572 g/mol. The number of carbonyl (C=O) groups excluding carboxylic acids is 1. The highest BCUT2D eigenvalue weighted by molar-refractivity contribution is 7.91. The van der Waals surface area contributed by atoms with Crippen molar-refractivity contribution in [1.29, 1.82) is 5.26 Å². The Hall–Kier alpha value is -3.88. The minimum atomic E-state index is -4.41. The Kier molecular flexibility index (Phi) is 8.51. The lowest BCUT2D eigenvalue weighted by Gasteiger charge is -2.22. The number of hydrogen-bond acceptors (Lipinski definition) is 6. The minimum absolute atomic E-state index is 0.0369. The van der Waals surface area contributed by atoms with E-state index in [4.69, 9.17) is 0 Å². The number of nitriles is 1. The van der Waals surface area contributed by atoms with Gasteiger partial charge in [0.1, 0.15) is 6.04 Å². The first kappa shape index (κ1) is 29.1. The third kappa shape index (κ3) is 6.29. The Labute approximate surface area is 230 Å². The molecule has 0 spiro atoms. The number of hydrogen-bond donors (Lipinski definition) is 2. The molecule has 0 saturated carbocycles. The van der Waals surface area contributed by atoms with E-state index in [2.05, 4.69) is 11.4 Å². The van der Waals surface area contributed by atoms with E-state index in [1.54, 1.807) is 43.3 Å². The van der Waals surface area contributed by atoms with E-state index in [1.807, 2.05) is 4.90 Å². The second-order valence-corrected chi connectivity index (χ2v) is 11.9. The molecule has 2 N–H and O–H groups in total. The molecular weight excluding hydrogens is 543 g/mol. The maximum atomic E-state index is 12.9. The van der Waals surface area contributed by atoms with E-state index in [9.17, 15) is 36.8 Å². The van der Waals surface area contributed by atoms with Crippen LogP contribution in [0.2, 0.25) is 0 Å². The van der Waals surface area contributed by atoms with Crippen LogP contribution in [0.1, 0.15) is 52.4 Å². The van der Waals surface area contributed by atoms with E-state index in [-0.39, 0.29) is 16.6 Å². The first-order chi connectivity index (χ1) is 19.0. The van der Waals surface area contributed by atoms with E-state index >= 15 is 0 Å². The van der Waals surface area contributed by atoms with Gasteiger partial charge in [-0.05, 0) is 66.1 Å². The number of nitrogens with one attached hydrogen (secondary N) is 1. The molecule has 0 radical (unpaired) electrons. The highest BCUT2D eigenvalue weighted by atomic mass is 32.2. The van der Waals surface area contributed by atoms with Crippen LogP contribution in [0.5, 0.6) is 0 Å². The number of amides is 1. The molecule has 0 aliphatic carbocycles. The fourth-order valence-corrected chi connectivity index (χ4v) is 5.67. The van der Waals surface area contributed by atoms with Crippen molar-refractivity contribution in [2.75, 3.05) is 23.8 Å². The molecular formula is C29H28F3N3O4S. The maximum absolute atomic E-state index is 12.9. The van der Waals surface area contributed by atoms with Crippen molar-refractivity contribution < 1.29 is 31.5 Å². The predicted molar refractivity (Wildman–Crippen MR) is 143 cm³/mol. The van der Waals surface area contributed by atoms with Crippen LogP contribution in [0, 0.1) is 11.3 Å². The van der Waals surface area contributed by atoms with Crippen LogP contribution < -0.4 is 10.2 Å². The average Bonchev–Trinajstić information content (AvgIpc) is 3.40. The molecule has 1 heterocycles. The van der Waals surface area contributed by atoms with E-state index in [0.29, 0.717) is 29.8 Å². The van der Waals surface area contributed by atoms with Crippen molar-refractivity contribution in [2.24, 2.45) is 0 Å². The third-order valence-electron chi connectivity index (χ3n) is 7.13. The van der Waals surface area contributed by atoms with Crippen LogP contribution in [-0.4, -0.2) is 44.4 Å². The zero-order valence-corrected chi connectivity index (χ0v) is 22.4. The molecule has 11 heteroatoms. The number of anilines is 1. The summed E-state index contributed by atoms with van der Waals surface area (Å²) >= 11 is 0. The molecule has 1 saturated heterocycles. The zero-order chi connectivity index (χ0) is 29.1. The van der Waals surface area contributed by atoms with E-state index in [1.165, 1.54) is 24.3 Å². The van der Waals surface area contributed by atoms with Gasteiger partial charge in [-0.25, -0.2) is 8.42 Å². The lowest BCUT2D eigenvalue weighted by atomic mass is 9.95. The van der Waals surface area contributed by atoms with Crippen LogP contribution in [-0.2, 0) is 16.0 Å². The number of aliphatic hydroxyl groups excluding tert-OH is 1. The van der Waals surface area contributed by atoms with Crippen molar-refractivity contribution in [3.05, 3.63) is 95.1 Å². The zero-order valence-electron chi connectivity index (χ0n) is 21.6. The van der Waals surface area contributed by atoms with Gasteiger partial charge in [0.05, 0.1) is 34.9 Å². The van der Waals surface area contributed by atoms with Crippen LogP contribution >= 0.6 is 0 Å². The number of rotatable bonds is 8. The molecule has 1 aliphatic heterocycles. The normalized spacial score (nSPS) is 18.2. The molecule has 3 aromatic carbocycles. The molecule has 1 fully saturated rings. The van der Waals surface area contributed by atoms with Crippen LogP contribution in [0.4, 0.5) is 18.9 Å². The van der Waals surface area contributed by atoms with Crippen molar-refractivity contribution in [1.82, 2.24) is 5.32 Å². The molecule has 210 valence electrons. The highest BCUT2D eigenvalue weighted by Gasteiger charge is 2.35. The smallest absolute Gasteiger partial charge is 0.394 e. The maximum Gasteiger partial charge on any atom is 0.416 e. The predicted octanol–water partition coefficient (Wildman–Crippen LogP) is 4.85. The summed E-state index contributed by atoms with van der Waals surface area (Å²) in [6.45, 7) is 1.59. The van der Waals surface area contributed by atoms with Gasteiger partial charge < -0.3 is 15.3 Å². The molecule has 3 aromatic rings.